The minimum Gasteiger partial charge on any atom is -1.00 e. The summed E-state index contributed by atoms with van der Waals surface area (Å²) in [6.07, 6.45) is 7.29. The van der Waals surface area contributed by atoms with Gasteiger partial charge in [0.05, 0.1) is 0 Å². The van der Waals surface area contributed by atoms with Crippen LogP contribution in [0, 0.1) is 0 Å². The molecule has 0 saturated carbocycles. The quantitative estimate of drug-likeness (QED) is 0.296. The standard InChI is InChI=1S/C11H22O3.C2H4O3.K.H/c1-2-3-4-5-6-7-8-9-10(12)11(13)14;3-1-2(4)5;;/h10,12H,2-9H2,1H3,(H,13,14);3H,1H2,(H,4,5);;/q;;+1;-1. The Balaban J connectivity index is -0.000000179. The average molecular weight is 318 g/mol. The number of unbranched alkanes of at least 4 members (excludes halogenated alkanes) is 6. The summed E-state index contributed by atoms with van der Waals surface area (Å²) >= 11 is 0. The molecule has 0 amide bonds. The molecule has 0 aromatic heterocycles. The van der Waals surface area contributed by atoms with E-state index < -0.39 is 24.6 Å². The molecule has 0 bridgehead atoms. The van der Waals surface area contributed by atoms with Gasteiger partial charge in [-0.05, 0) is 6.42 Å². The third kappa shape index (κ3) is 23.6. The number of aliphatic hydroxyl groups excluding tert-OH is 2. The molecule has 7 heteroatoms. The van der Waals surface area contributed by atoms with Gasteiger partial charge in [-0.2, -0.15) is 0 Å². The maximum absolute atomic E-state index is 10.3. The summed E-state index contributed by atoms with van der Waals surface area (Å²) in [7, 11) is 0. The fraction of sp³-hybridized carbons (Fsp3) is 0.846. The number of carbonyl (C=O) groups is 2. The van der Waals surface area contributed by atoms with Gasteiger partial charge in [0.2, 0.25) is 0 Å². The van der Waals surface area contributed by atoms with E-state index in [2.05, 4.69) is 6.92 Å². The fourth-order valence-electron chi connectivity index (χ4n) is 1.42. The Hall–Kier alpha value is 0.496. The maximum Gasteiger partial charge on any atom is 1.00 e. The van der Waals surface area contributed by atoms with E-state index in [0.717, 1.165) is 19.3 Å². The second-order valence-corrected chi connectivity index (χ2v) is 4.32. The Morgan fingerprint density at radius 1 is 1.00 bits per heavy atom. The zero-order valence-electron chi connectivity index (χ0n) is 13.5. The van der Waals surface area contributed by atoms with Crippen LogP contribution in [0.4, 0.5) is 0 Å². The predicted molar refractivity (Wildman–Crippen MR) is 72.1 cm³/mol. The maximum atomic E-state index is 10.3. The topological polar surface area (TPSA) is 115 Å². The molecule has 0 spiro atoms. The Morgan fingerprint density at radius 3 is 1.75 bits per heavy atom. The Labute approximate surface area is 164 Å². The van der Waals surface area contributed by atoms with Gasteiger partial charge in [0.15, 0.2) is 6.10 Å². The molecule has 20 heavy (non-hydrogen) atoms. The van der Waals surface area contributed by atoms with Crippen molar-refractivity contribution in [3.05, 3.63) is 0 Å². The summed E-state index contributed by atoms with van der Waals surface area (Å²) in [5.74, 6) is -2.29. The molecule has 0 rings (SSSR count). The average Bonchev–Trinajstić information content (AvgIpc) is 2.38. The van der Waals surface area contributed by atoms with Crippen molar-refractivity contribution in [2.24, 2.45) is 0 Å². The predicted octanol–water partition coefficient (Wildman–Crippen LogP) is -1.25. The van der Waals surface area contributed by atoms with Crippen molar-refractivity contribution >= 4 is 11.9 Å². The van der Waals surface area contributed by atoms with Crippen molar-refractivity contribution < 1.29 is 82.8 Å². The molecule has 0 aliphatic heterocycles. The first-order valence-corrected chi connectivity index (χ1v) is 6.69. The third-order valence-electron chi connectivity index (χ3n) is 2.50. The fourth-order valence-corrected chi connectivity index (χ4v) is 1.42. The molecule has 0 heterocycles. The van der Waals surface area contributed by atoms with Crippen LogP contribution in [0.1, 0.15) is 59.7 Å². The second kappa shape index (κ2) is 19.5. The monoisotopic (exact) mass is 318 g/mol. The minimum atomic E-state index is -1.19. The first-order chi connectivity index (χ1) is 8.95. The zero-order valence-corrected chi connectivity index (χ0v) is 15.7. The van der Waals surface area contributed by atoms with Crippen molar-refractivity contribution in [1.82, 2.24) is 0 Å². The Morgan fingerprint density at radius 2 is 1.40 bits per heavy atom. The van der Waals surface area contributed by atoms with Crippen molar-refractivity contribution in [2.45, 2.75) is 64.4 Å². The number of carboxylic acids is 2. The van der Waals surface area contributed by atoms with Crippen LogP contribution in [-0.2, 0) is 9.59 Å². The SMILES string of the molecule is CCCCCCCCCC(O)C(=O)O.O=C(O)CO.[H-].[K+]. The molecule has 0 fully saturated rings. The van der Waals surface area contributed by atoms with Crippen molar-refractivity contribution in [2.75, 3.05) is 6.61 Å². The van der Waals surface area contributed by atoms with E-state index in [9.17, 15) is 4.79 Å². The van der Waals surface area contributed by atoms with Crippen LogP contribution in [0.25, 0.3) is 0 Å². The third-order valence-corrected chi connectivity index (χ3v) is 2.50. The van der Waals surface area contributed by atoms with E-state index in [4.69, 9.17) is 25.2 Å². The summed E-state index contributed by atoms with van der Waals surface area (Å²) < 4.78 is 0. The van der Waals surface area contributed by atoms with Gasteiger partial charge in [-0.25, -0.2) is 9.59 Å². The molecule has 0 saturated heterocycles. The minimum absolute atomic E-state index is 0. The van der Waals surface area contributed by atoms with E-state index in [1.807, 2.05) is 0 Å². The number of hydrogen-bond donors (Lipinski definition) is 4. The van der Waals surface area contributed by atoms with E-state index in [-0.39, 0.29) is 52.8 Å². The molecule has 6 nitrogen and oxygen atoms in total. The molecule has 4 N–H and O–H groups in total. The van der Waals surface area contributed by atoms with Crippen LogP contribution >= 0.6 is 0 Å². The van der Waals surface area contributed by atoms with Gasteiger partial charge in [-0.3, -0.25) is 0 Å². The summed E-state index contributed by atoms with van der Waals surface area (Å²) in [4.78, 5) is 19.4. The summed E-state index contributed by atoms with van der Waals surface area (Å²) in [5, 5.41) is 32.4. The van der Waals surface area contributed by atoms with Crippen LogP contribution in [0.15, 0.2) is 0 Å². The largest absolute Gasteiger partial charge is 1.00 e. The molecule has 0 aliphatic carbocycles. The number of aliphatic carboxylic acids is 2. The molecule has 1 atom stereocenters. The van der Waals surface area contributed by atoms with E-state index in [1.54, 1.807) is 0 Å². The molecule has 0 aromatic rings. The van der Waals surface area contributed by atoms with Gasteiger partial charge < -0.3 is 21.9 Å². The van der Waals surface area contributed by atoms with Gasteiger partial charge >= 0.3 is 63.3 Å². The number of hydrogen-bond acceptors (Lipinski definition) is 4. The van der Waals surface area contributed by atoms with Gasteiger partial charge in [0.1, 0.15) is 6.61 Å². The van der Waals surface area contributed by atoms with Gasteiger partial charge in [-0.15, -0.1) is 0 Å². The second-order valence-electron chi connectivity index (χ2n) is 4.32. The van der Waals surface area contributed by atoms with Crippen molar-refractivity contribution in [1.29, 1.82) is 0 Å². The van der Waals surface area contributed by atoms with E-state index in [1.165, 1.54) is 25.7 Å². The molecule has 0 radical (unpaired) electrons. The molecule has 0 aliphatic rings. The van der Waals surface area contributed by atoms with Crippen LogP contribution in [0.2, 0.25) is 0 Å². The molecular weight excluding hydrogens is 291 g/mol. The number of rotatable bonds is 10. The number of carboxylic acid groups (broad SMARTS) is 2. The first-order valence-electron chi connectivity index (χ1n) is 6.69. The molecule has 0 aromatic carbocycles. The molecular formula is C13H27KO6. The van der Waals surface area contributed by atoms with E-state index in [0.29, 0.717) is 6.42 Å². The van der Waals surface area contributed by atoms with Gasteiger partial charge in [-0.1, -0.05) is 51.9 Å². The Kier molecular flexibility index (Phi) is 24.8. The summed E-state index contributed by atoms with van der Waals surface area (Å²) in [6, 6.07) is 0. The molecule has 116 valence electrons. The van der Waals surface area contributed by atoms with Gasteiger partial charge in [0.25, 0.3) is 0 Å². The smallest absolute Gasteiger partial charge is 1.00 e. The zero-order chi connectivity index (χ0) is 15.1. The van der Waals surface area contributed by atoms with Crippen LogP contribution in [-0.4, -0.2) is 45.1 Å². The summed E-state index contributed by atoms with van der Waals surface area (Å²) in [5.41, 5.74) is 0. The normalized spacial score (nSPS) is 10.8. The Bertz CT molecular complexity index is 241. The van der Waals surface area contributed by atoms with Crippen molar-refractivity contribution in [3.8, 4) is 0 Å². The first kappa shape index (κ1) is 25.5. The van der Waals surface area contributed by atoms with Crippen LogP contribution in [0.5, 0.6) is 0 Å². The van der Waals surface area contributed by atoms with Gasteiger partial charge in [0, 0.05) is 0 Å². The van der Waals surface area contributed by atoms with Crippen LogP contribution in [0.3, 0.4) is 0 Å². The van der Waals surface area contributed by atoms with Crippen LogP contribution < -0.4 is 51.4 Å². The molecule has 1 unspecified atom stereocenters. The van der Waals surface area contributed by atoms with E-state index >= 15 is 0 Å². The summed E-state index contributed by atoms with van der Waals surface area (Å²) in [6.45, 7) is 1.41. The number of aliphatic hydroxyl groups is 2. The van der Waals surface area contributed by atoms with Crippen molar-refractivity contribution in [3.63, 3.8) is 0 Å².